The van der Waals surface area contributed by atoms with Crippen LogP contribution in [0.5, 0.6) is 0 Å². The third kappa shape index (κ3) is 4.10. The second kappa shape index (κ2) is 6.90. The van der Waals surface area contributed by atoms with Crippen molar-refractivity contribution in [2.45, 2.75) is 32.9 Å². The van der Waals surface area contributed by atoms with Crippen LogP contribution in [-0.2, 0) is 9.53 Å². The van der Waals surface area contributed by atoms with Crippen molar-refractivity contribution < 1.29 is 9.53 Å². The van der Waals surface area contributed by atoms with Crippen LogP contribution in [0.3, 0.4) is 0 Å². The van der Waals surface area contributed by atoms with Crippen molar-refractivity contribution in [3.8, 4) is 0 Å². The largest absolute Gasteiger partial charge is 0.468 e. The van der Waals surface area contributed by atoms with Gasteiger partial charge in [-0.15, -0.1) is 0 Å². The normalized spacial score (nSPS) is 14.3. The molecule has 0 aliphatic heterocycles. The SMILES string of the molecule is COC(=O)[C@@H](NC(C)c1cccc(Br)c1)C(C)C. The van der Waals surface area contributed by atoms with E-state index in [1.807, 2.05) is 45.0 Å². The number of carbonyl (C=O) groups is 1. The summed E-state index contributed by atoms with van der Waals surface area (Å²) in [5.41, 5.74) is 1.14. The lowest BCUT2D eigenvalue weighted by Crippen LogP contribution is -2.42. The molecule has 0 saturated heterocycles. The van der Waals surface area contributed by atoms with Gasteiger partial charge in [0.15, 0.2) is 0 Å². The number of nitrogens with one attached hydrogen (secondary N) is 1. The summed E-state index contributed by atoms with van der Waals surface area (Å²) in [5.74, 6) is -0.0288. The molecular weight excluding hydrogens is 294 g/mol. The van der Waals surface area contributed by atoms with E-state index in [-0.39, 0.29) is 24.0 Å². The first-order valence-corrected chi connectivity index (χ1v) is 6.84. The number of methoxy groups -OCH3 is 1. The average Bonchev–Trinajstić information content (AvgIpc) is 2.34. The van der Waals surface area contributed by atoms with Gasteiger partial charge in [0.1, 0.15) is 6.04 Å². The predicted octanol–water partition coefficient (Wildman–Crippen LogP) is 3.30. The minimum absolute atomic E-state index is 0.0917. The van der Waals surface area contributed by atoms with Crippen molar-refractivity contribution in [1.82, 2.24) is 5.32 Å². The van der Waals surface area contributed by atoms with Crippen LogP contribution in [0.1, 0.15) is 32.4 Å². The fraction of sp³-hybridized carbons (Fsp3) is 0.500. The highest BCUT2D eigenvalue weighted by Crippen LogP contribution is 2.19. The molecule has 18 heavy (non-hydrogen) atoms. The Labute approximate surface area is 117 Å². The number of benzene rings is 1. The lowest BCUT2D eigenvalue weighted by molar-refractivity contribution is -0.144. The Hall–Kier alpha value is -0.870. The summed E-state index contributed by atoms with van der Waals surface area (Å²) in [7, 11) is 1.42. The first kappa shape index (κ1) is 15.2. The zero-order valence-corrected chi connectivity index (χ0v) is 12.8. The molecule has 0 amide bonds. The van der Waals surface area contributed by atoms with Crippen molar-refractivity contribution in [3.05, 3.63) is 34.3 Å². The van der Waals surface area contributed by atoms with Gasteiger partial charge in [0.05, 0.1) is 7.11 Å². The van der Waals surface area contributed by atoms with E-state index in [0.717, 1.165) is 10.0 Å². The quantitative estimate of drug-likeness (QED) is 0.848. The first-order chi connectivity index (χ1) is 8.45. The van der Waals surface area contributed by atoms with Gasteiger partial charge in [0.25, 0.3) is 0 Å². The number of esters is 1. The van der Waals surface area contributed by atoms with E-state index < -0.39 is 0 Å². The summed E-state index contributed by atoms with van der Waals surface area (Å²) in [6, 6.07) is 7.86. The molecule has 0 radical (unpaired) electrons. The van der Waals surface area contributed by atoms with Gasteiger partial charge in [-0.05, 0) is 30.5 Å². The molecule has 0 aliphatic rings. The Morgan fingerprint density at radius 1 is 1.33 bits per heavy atom. The molecule has 0 heterocycles. The van der Waals surface area contributed by atoms with Crippen molar-refractivity contribution in [2.24, 2.45) is 5.92 Å². The molecule has 1 rings (SSSR count). The minimum atomic E-state index is -0.288. The molecule has 2 atom stereocenters. The second-order valence-electron chi connectivity index (χ2n) is 4.69. The van der Waals surface area contributed by atoms with Gasteiger partial charge in [0.2, 0.25) is 0 Å². The Morgan fingerprint density at radius 2 is 2.00 bits per heavy atom. The first-order valence-electron chi connectivity index (χ1n) is 6.05. The van der Waals surface area contributed by atoms with Crippen molar-refractivity contribution in [3.63, 3.8) is 0 Å². The zero-order chi connectivity index (χ0) is 13.7. The maximum absolute atomic E-state index is 11.7. The van der Waals surface area contributed by atoms with Crippen LogP contribution in [0, 0.1) is 5.92 Å². The number of ether oxygens (including phenoxy) is 1. The third-order valence-corrected chi connectivity index (χ3v) is 3.39. The Bertz CT molecular complexity index is 407. The molecule has 1 aromatic rings. The van der Waals surface area contributed by atoms with Gasteiger partial charge in [-0.1, -0.05) is 41.9 Å². The van der Waals surface area contributed by atoms with Crippen molar-refractivity contribution >= 4 is 21.9 Å². The van der Waals surface area contributed by atoms with Crippen molar-refractivity contribution in [2.75, 3.05) is 7.11 Å². The highest BCUT2D eigenvalue weighted by atomic mass is 79.9. The van der Waals surface area contributed by atoms with Crippen LogP contribution in [-0.4, -0.2) is 19.1 Å². The summed E-state index contributed by atoms with van der Waals surface area (Å²) in [6.45, 7) is 6.05. The molecule has 1 N–H and O–H groups in total. The van der Waals surface area contributed by atoms with Crippen LogP contribution in [0.15, 0.2) is 28.7 Å². The van der Waals surface area contributed by atoms with E-state index in [9.17, 15) is 4.79 Å². The molecule has 4 heteroatoms. The lowest BCUT2D eigenvalue weighted by Gasteiger charge is -2.24. The van der Waals surface area contributed by atoms with Gasteiger partial charge in [-0.3, -0.25) is 10.1 Å². The molecule has 0 aliphatic carbocycles. The Kier molecular flexibility index (Phi) is 5.82. The zero-order valence-electron chi connectivity index (χ0n) is 11.2. The van der Waals surface area contributed by atoms with E-state index in [0.29, 0.717) is 0 Å². The van der Waals surface area contributed by atoms with E-state index in [2.05, 4.69) is 21.2 Å². The molecule has 100 valence electrons. The predicted molar refractivity (Wildman–Crippen MR) is 76.3 cm³/mol. The number of hydrogen-bond acceptors (Lipinski definition) is 3. The fourth-order valence-electron chi connectivity index (χ4n) is 1.80. The van der Waals surface area contributed by atoms with Crippen molar-refractivity contribution in [1.29, 1.82) is 0 Å². The molecule has 0 bridgehead atoms. The summed E-state index contributed by atoms with van der Waals surface area (Å²) >= 11 is 3.45. The number of halogens is 1. The molecule has 1 unspecified atom stereocenters. The fourth-order valence-corrected chi connectivity index (χ4v) is 2.22. The molecule has 1 aromatic carbocycles. The summed E-state index contributed by atoms with van der Waals surface area (Å²) in [5, 5.41) is 3.32. The maximum atomic E-state index is 11.7. The third-order valence-electron chi connectivity index (χ3n) is 2.90. The number of rotatable bonds is 5. The van der Waals surface area contributed by atoms with Gasteiger partial charge < -0.3 is 4.74 Å². The van der Waals surface area contributed by atoms with Crippen LogP contribution < -0.4 is 5.32 Å². The van der Waals surface area contributed by atoms with Gasteiger partial charge >= 0.3 is 5.97 Å². The Balaban J connectivity index is 2.78. The van der Waals surface area contributed by atoms with E-state index in [1.54, 1.807) is 0 Å². The van der Waals surface area contributed by atoms with Gasteiger partial charge in [-0.25, -0.2) is 0 Å². The molecule has 0 saturated carbocycles. The molecule has 0 fully saturated rings. The summed E-state index contributed by atoms with van der Waals surface area (Å²) in [4.78, 5) is 11.7. The highest BCUT2D eigenvalue weighted by Gasteiger charge is 2.24. The van der Waals surface area contributed by atoms with E-state index in [4.69, 9.17) is 4.74 Å². The van der Waals surface area contributed by atoms with Crippen LogP contribution in [0.25, 0.3) is 0 Å². The molecule has 0 spiro atoms. The topological polar surface area (TPSA) is 38.3 Å². The molecule has 0 aromatic heterocycles. The van der Waals surface area contributed by atoms with Crippen LogP contribution >= 0.6 is 15.9 Å². The maximum Gasteiger partial charge on any atom is 0.323 e. The van der Waals surface area contributed by atoms with E-state index >= 15 is 0 Å². The summed E-state index contributed by atoms with van der Waals surface area (Å²) in [6.07, 6.45) is 0. The molecule has 3 nitrogen and oxygen atoms in total. The molecular formula is C14H20BrNO2. The lowest BCUT2D eigenvalue weighted by atomic mass is 10.0. The van der Waals surface area contributed by atoms with Gasteiger partial charge in [-0.2, -0.15) is 0 Å². The van der Waals surface area contributed by atoms with Crippen LogP contribution in [0.4, 0.5) is 0 Å². The summed E-state index contributed by atoms with van der Waals surface area (Å²) < 4.78 is 5.86. The number of hydrogen-bond donors (Lipinski definition) is 1. The standard InChI is InChI=1S/C14H20BrNO2/c1-9(2)13(14(17)18-4)16-10(3)11-6-5-7-12(15)8-11/h5-10,13,16H,1-4H3/t10?,13-/m0/s1. The Morgan fingerprint density at radius 3 is 2.50 bits per heavy atom. The monoisotopic (exact) mass is 313 g/mol. The smallest absolute Gasteiger partial charge is 0.323 e. The second-order valence-corrected chi connectivity index (χ2v) is 5.60. The van der Waals surface area contributed by atoms with Gasteiger partial charge in [0, 0.05) is 10.5 Å². The highest BCUT2D eigenvalue weighted by molar-refractivity contribution is 9.10. The number of carbonyl (C=O) groups excluding carboxylic acids is 1. The van der Waals surface area contributed by atoms with Crippen LogP contribution in [0.2, 0.25) is 0 Å². The average molecular weight is 314 g/mol. The minimum Gasteiger partial charge on any atom is -0.468 e. The van der Waals surface area contributed by atoms with E-state index in [1.165, 1.54) is 7.11 Å².